The second kappa shape index (κ2) is 10.1. The molecule has 0 spiro atoms. The van der Waals surface area contributed by atoms with E-state index in [9.17, 15) is 9.59 Å². The standard InChI is InChI=1S/C24H30N2O2/c1-25(18-21-11-6-3-7-12-21)24(28)17-22-15-16-26(19-22)23(27)14-8-13-20-9-4-2-5-10-20/h2-7,9-12,22H,8,13-19H2,1H3. The van der Waals surface area contributed by atoms with Gasteiger partial charge in [0.25, 0.3) is 0 Å². The van der Waals surface area contributed by atoms with Crippen molar-refractivity contribution in [3.63, 3.8) is 0 Å². The molecule has 1 aliphatic rings. The summed E-state index contributed by atoms with van der Waals surface area (Å²) in [5, 5.41) is 0. The van der Waals surface area contributed by atoms with Crippen molar-refractivity contribution >= 4 is 11.8 Å². The maximum absolute atomic E-state index is 12.5. The minimum Gasteiger partial charge on any atom is -0.342 e. The Balaban J connectivity index is 1.38. The first-order valence-electron chi connectivity index (χ1n) is 10.2. The third-order valence-electron chi connectivity index (χ3n) is 5.49. The summed E-state index contributed by atoms with van der Waals surface area (Å²) < 4.78 is 0. The van der Waals surface area contributed by atoms with E-state index in [4.69, 9.17) is 0 Å². The van der Waals surface area contributed by atoms with Gasteiger partial charge in [-0.2, -0.15) is 0 Å². The van der Waals surface area contributed by atoms with Crippen LogP contribution >= 0.6 is 0 Å². The number of carbonyl (C=O) groups is 2. The van der Waals surface area contributed by atoms with Crippen molar-refractivity contribution in [1.29, 1.82) is 0 Å². The SMILES string of the molecule is CN(Cc1ccccc1)C(=O)CC1CCN(C(=O)CCCc2ccccc2)C1. The van der Waals surface area contributed by atoms with Crippen LogP contribution in [0.2, 0.25) is 0 Å². The molecule has 0 aliphatic carbocycles. The van der Waals surface area contributed by atoms with Gasteiger partial charge >= 0.3 is 0 Å². The summed E-state index contributed by atoms with van der Waals surface area (Å²) in [4.78, 5) is 28.7. The van der Waals surface area contributed by atoms with Crippen molar-refractivity contribution in [2.24, 2.45) is 5.92 Å². The van der Waals surface area contributed by atoms with E-state index in [1.165, 1.54) is 5.56 Å². The predicted octanol–water partition coefficient (Wildman–Crippen LogP) is 3.91. The van der Waals surface area contributed by atoms with Gasteiger partial charge in [0.1, 0.15) is 0 Å². The Bertz CT molecular complexity index is 761. The zero-order valence-electron chi connectivity index (χ0n) is 16.7. The molecule has 0 bridgehead atoms. The zero-order valence-corrected chi connectivity index (χ0v) is 16.7. The van der Waals surface area contributed by atoms with E-state index in [0.717, 1.165) is 37.9 Å². The first-order chi connectivity index (χ1) is 13.6. The van der Waals surface area contributed by atoms with E-state index in [-0.39, 0.29) is 17.7 Å². The van der Waals surface area contributed by atoms with Crippen LogP contribution in [0.1, 0.15) is 36.8 Å². The minimum atomic E-state index is 0.159. The lowest BCUT2D eigenvalue weighted by molar-refractivity contribution is -0.133. The van der Waals surface area contributed by atoms with Gasteiger partial charge in [-0.25, -0.2) is 0 Å². The molecule has 3 rings (SSSR count). The number of nitrogens with zero attached hydrogens (tertiary/aromatic N) is 2. The van der Waals surface area contributed by atoms with Crippen molar-refractivity contribution in [1.82, 2.24) is 9.80 Å². The molecule has 1 unspecified atom stereocenters. The molecule has 0 radical (unpaired) electrons. The van der Waals surface area contributed by atoms with Crippen LogP contribution in [-0.4, -0.2) is 41.8 Å². The number of likely N-dealkylation sites (tertiary alicyclic amines) is 1. The molecule has 4 nitrogen and oxygen atoms in total. The number of benzene rings is 2. The molecular formula is C24H30N2O2. The molecule has 28 heavy (non-hydrogen) atoms. The zero-order chi connectivity index (χ0) is 19.8. The number of rotatable bonds is 8. The predicted molar refractivity (Wildman–Crippen MR) is 112 cm³/mol. The van der Waals surface area contributed by atoms with E-state index in [0.29, 0.717) is 19.4 Å². The summed E-state index contributed by atoms with van der Waals surface area (Å²) in [6.45, 7) is 2.13. The maximum atomic E-state index is 12.5. The number of carbonyl (C=O) groups excluding carboxylic acids is 2. The van der Waals surface area contributed by atoms with Gasteiger partial charge in [0.15, 0.2) is 0 Å². The molecule has 0 aromatic heterocycles. The number of hydrogen-bond acceptors (Lipinski definition) is 2. The van der Waals surface area contributed by atoms with Gasteiger partial charge in [0.2, 0.25) is 11.8 Å². The highest BCUT2D eigenvalue weighted by molar-refractivity contribution is 5.78. The molecule has 1 saturated heterocycles. The van der Waals surface area contributed by atoms with Crippen LogP contribution in [0.15, 0.2) is 60.7 Å². The second-order valence-corrected chi connectivity index (χ2v) is 7.77. The third-order valence-corrected chi connectivity index (χ3v) is 5.49. The van der Waals surface area contributed by atoms with Crippen LogP contribution in [0, 0.1) is 5.92 Å². The molecule has 0 N–H and O–H groups in total. The highest BCUT2D eigenvalue weighted by Gasteiger charge is 2.28. The Morgan fingerprint density at radius 2 is 1.64 bits per heavy atom. The van der Waals surface area contributed by atoms with Gasteiger partial charge in [0.05, 0.1) is 0 Å². The molecule has 1 heterocycles. The summed E-state index contributed by atoms with van der Waals surface area (Å²) >= 11 is 0. The first-order valence-corrected chi connectivity index (χ1v) is 10.2. The topological polar surface area (TPSA) is 40.6 Å². The minimum absolute atomic E-state index is 0.159. The monoisotopic (exact) mass is 378 g/mol. The molecule has 148 valence electrons. The van der Waals surface area contributed by atoms with Gasteiger partial charge in [0, 0.05) is 39.5 Å². The van der Waals surface area contributed by atoms with E-state index < -0.39 is 0 Å². The summed E-state index contributed by atoms with van der Waals surface area (Å²) in [6, 6.07) is 20.3. The molecule has 0 saturated carbocycles. The van der Waals surface area contributed by atoms with Crippen LogP contribution < -0.4 is 0 Å². The van der Waals surface area contributed by atoms with Crippen molar-refractivity contribution in [3.05, 3.63) is 71.8 Å². The highest BCUT2D eigenvalue weighted by Crippen LogP contribution is 2.22. The fraction of sp³-hybridized carbons (Fsp3) is 0.417. The summed E-state index contributed by atoms with van der Waals surface area (Å²) in [5.41, 5.74) is 2.42. The fourth-order valence-electron chi connectivity index (χ4n) is 3.82. The van der Waals surface area contributed by atoms with Crippen molar-refractivity contribution in [2.75, 3.05) is 20.1 Å². The van der Waals surface area contributed by atoms with Gasteiger partial charge in [-0.15, -0.1) is 0 Å². The number of amides is 2. The van der Waals surface area contributed by atoms with Gasteiger partial charge < -0.3 is 9.80 Å². The van der Waals surface area contributed by atoms with E-state index in [1.54, 1.807) is 4.90 Å². The van der Waals surface area contributed by atoms with Gasteiger partial charge in [-0.3, -0.25) is 9.59 Å². The third kappa shape index (κ3) is 5.95. The lowest BCUT2D eigenvalue weighted by Crippen LogP contribution is -2.31. The van der Waals surface area contributed by atoms with Gasteiger partial charge in [-0.05, 0) is 36.3 Å². The van der Waals surface area contributed by atoms with Crippen LogP contribution in [0.5, 0.6) is 0 Å². The van der Waals surface area contributed by atoms with Crippen molar-refractivity contribution in [3.8, 4) is 0 Å². The fourth-order valence-corrected chi connectivity index (χ4v) is 3.82. The molecular weight excluding hydrogens is 348 g/mol. The summed E-state index contributed by atoms with van der Waals surface area (Å²) in [6.07, 6.45) is 3.85. The Labute approximate surface area is 168 Å². The molecule has 2 aromatic carbocycles. The number of aryl methyl sites for hydroxylation is 1. The van der Waals surface area contributed by atoms with Crippen molar-refractivity contribution < 1.29 is 9.59 Å². The Kier molecular flexibility index (Phi) is 7.24. The average Bonchev–Trinajstić information content (AvgIpc) is 3.18. The molecule has 1 fully saturated rings. The Morgan fingerprint density at radius 3 is 2.32 bits per heavy atom. The normalized spacial score (nSPS) is 16.2. The van der Waals surface area contributed by atoms with Crippen LogP contribution in [0.25, 0.3) is 0 Å². The van der Waals surface area contributed by atoms with Crippen LogP contribution in [0.3, 0.4) is 0 Å². The smallest absolute Gasteiger partial charge is 0.222 e. The average molecular weight is 379 g/mol. The second-order valence-electron chi connectivity index (χ2n) is 7.77. The molecule has 2 aromatic rings. The van der Waals surface area contributed by atoms with E-state index in [2.05, 4.69) is 12.1 Å². The number of hydrogen-bond donors (Lipinski definition) is 0. The maximum Gasteiger partial charge on any atom is 0.222 e. The first kappa shape index (κ1) is 20.1. The van der Waals surface area contributed by atoms with E-state index >= 15 is 0 Å². The molecule has 2 amide bonds. The lowest BCUT2D eigenvalue weighted by Gasteiger charge is -2.20. The van der Waals surface area contributed by atoms with Crippen LogP contribution in [0.4, 0.5) is 0 Å². The van der Waals surface area contributed by atoms with Crippen molar-refractivity contribution in [2.45, 2.75) is 38.6 Å². The molecule has 1 atom stereocenters. The Morgan fingerprint density at radius 1 is 1.00 bits per heavy atom. The highest BCUT2D eigenvalue weighted by atomic mass is 16.2. The summed E-state index contributed by atoms with van der Waals surface area (Å²) in [5.74, 6) is 0.666. The van der Waals surface area contributed by atoms with Gasteiger partial charge in [-0.1, -0.05) is 60.7 Å². The summed E-state index contributed by atoms with van der Waals surface area (Å²) in [7, 11) is 1.86. The van der Waals surface area contributed by atoms with Crippen LogP contribution in [-0.2, 0) is 22.6 Å². The molecule has 1 aliphatic heterocycles. The largest absolute Gasteiger partial charge is 0.342 e. The Hall–Kier alpha value is -2.62. The lowest BCUT2D eigenvalue weighted by atomic mass is 10.0. The molecule has 4 heteroatoms. The quantitative estimate of drug-likeness (QED) is 0.699. The van der Waals surface area contributed by atoms with E-state index in [1.807, 2.05) is 60.5 Å².